The maximum Gasteiger partial charge on any atom is 0.227 e. The second-order valence-corrected chi connectivity index (χ2v) is 6.28. The number of carbonyl (C=O) groups is 2. The molecular formula is C18H22N4O3. The molecule has 0 aliphatic carbocycles. The summed E-state index contributed by atoms with van der Waals surface area (Å²) < 4.78 is 7.11. The first-order chi connectivity index (χ1) is 12.1. The van der Waals surface area contributed by atoms with Crippen molar-refractivity contribution < 1.29 is 14.3 Å². The van der Waals surface area contributed by atoms with Gasteiger partial charge in [0.15, 0.2) is 0 Å². The van der Waals surface area contributed by atoms with E-state index in [1.165, 1.54) is 0 Å². The zero-order chi connectivity index (χ0) is 17.8. The average Bonchev–Trinajstić information content (AvgIpc) is 3.24. The molecule has 1 aromatic carbocycles. The molecule has 1 aromatic heterocycles. The number of carbonyl (C=O) groups excluding carboxylic acids is 2. The smallest absolute Gasteiger partial charge is 0.227 e. The van der Waals surface area contributed by atoms with Gasteiger partial charge in [-0.3, -0.25) is 9.59 Å². The number of ether oxygens (including phenoxy) is 1. The third-order valence-corrected chi connectivity index (χ3v) is 4.29. The molecule has 2 atom stereocenters. The number of rotatable bonds is 6. The van der Waals surface area contributed by atoms with Crippen molar-refractivity contribution in [1.82, 2.24) is 14.9 Å². The van der Waals surface area contributed by atoms with E-state index < -0.39 is 0 Å². The molecule has 1 saturated heterocycles. The third kappa shape index (κ3) is 3.99. The molecule has 1 fully saturated rings. The number of hydrogen-bond donors (Lipinski definition) is 1. The van der Waals surface area contributed by atoms with Crippen molar-refractivity contribution in [2.24, 2.45) is 5.92 Å². The molecule has 2 aromatic rings. The summed E-state index contributed by atoms with van der Waals surface area (Å²) in [6.45, 7) is 2.97. The van der Waals surface area contributed by atoms with Gasteiger partial charge in [0.05, 0.1) is 19.4 Å². The summed E-state index contributed by atoms with van der Waals surface area (Å²) in [6, 6.07) is 7.28. The topological polar surface area (TPSA) is 76.5 Å². The van der Waals surface area contributed by atoms with Gasteiger partial charge in [0.25, 0.3) is 0 Å². The standard InChI is InChI=1S/C18H22N4O3/c1-13(10-21-7-6-19-12-21)20-18(24)14-8-17(23)22(11-14)15-4-3-5-16(9-15)25-2/h3-7,9,12-14H,8,10-11H2,1-2H3,(H,20,24)/t13-,14+/m0/s1. The summed E-state index contributed by atoms with van der Waals surface area (Å²) in [7, 11) is 1.59. The summed E-state index contributed by atoms with van der Waals surface area (Å²) in [6.07, 6.45) is 5.50. The molecule has 0 bridgehead atoms. The van der Waals surface area contributed by atoms with Gasteiger partial charge in [0.1, 0.15) is 5.75 Å². The minimum Gasteiger partial charge on any atom is -0.497 e. The number of aromatic nitrogens is 2. The summed E-state index contributed by atoms with van der Waals surface area (Å²) in [4.78, 5) is 30.4. The first-order valence-corrected chi connectivity index (χ1v) is 8.27. The van der Waals surface area contributed by atoms with E-state index in [1.807, 2.05) is 35.9 Å². The molecule has 2 amide bonds. The second kappa shape index (κ2) is 7.38. The Kier molecular flexibility index (Phi) is 5.02. The number of benzene rings is 1. The Bertz CT molecular complexity index is 745. The van der Waals surface area contributed by atoms with Gasteiger partial charge in [0, 0.05) is 49.7 Å². The van der Waals surface area contributed by atoms with Gasteiger partial charge < -0.3 is 19.5 Å². The zero-order valence-corrected chi connectivity index (χ0v) is 14.4. The van der Waals surface area contributed by atoms with E-state index in [0.29, 0.717) is 18.8 Å². The number of hydrogen-bond acceptors (Lipinski definition) is 4. The SMILES string of the molecule is COc1cccc(N2C[C@H](C(=O)N[C@@H](C)Cn3ccnc3)CC2=O)c1. The maximum absolute atomic E-state index is 12.5. The zero-order valence-electron chi connectivity index (χ0n) is 14.4. The molecule has 3 rings (SSSR count). The minimum atomic E-state index is -0.344. The highest BCUT2D eigenvalue weighted by Gasteiger charge is 2.35. The molecule has 25 heavy (non-hydrogen) atoms. The van der Waals surface area contributed by atoms with Crippen LogP contribution in [0, 0.1) is 5.92 Å². The fraction of sp³-hybridized carbons (Fsp3) is 0.389. The molecule has 0 saturated carbocycles. The molecular weight excluding hydrogens is 320 g/mol. The average molecular weight is 342 g/mol. The Balaban J connectivity index is 1.60. The van der Waals surface area contributed by atoms with Crippen LogP contribution in [0.15, 0.2) is 43.0 Å². The Morgan fingerprint density at radius 3 is 3.04 bits per heavy atom. The normalized spacial score (nSPS) is 18.2. The van der Waals surface area contributed by atoms with E-state index in [2.05, 4.69) is 10.3 Å². The van der Waals surface area contributed by atoms with Crippen molar-refractivity contribution >= 4 is 17.5 Å². The third-order valence-electron chi connectivity index (χ3n) is 4.29. The number of amides is 2. The fourth-order valence-electron chi connectivity index (χ4n) is 3.03. The number of nitrogens with one attached hydrogen (secondary N) is 1. The Hall–Kier alpha value is -2.83. The lowest BCUT2D eigenvalue weighted by atomic mass is 10.1. The van der Waals surface area contributed by atoms with Crippen LogP contribution in [-0.2, 0) is 16.1 Å². The van der Waals surface area contributed by atoms with E-state index in [1.54, 1.807) is 30.6 Å². The molecule has 2 heterocycles. The Morgan fingerprint density at radius 2 is 2.32 bits per heavy atom. The van der Waals surface area contributed by atoms with Crippen LogP contribution in [0.25, 0.3) is 0 Å². The number of nitrogens with zero attached hydrogens (tertiary/aromatic N) is 3. The van der Waals surface area contributed by atoms with Gasteiger partial charge in [-0.15, -0.1) is 0 Å². The fourth-order valence-corrected chi connectivity index (χ4v) is 3.03. The summed E-state index contributed by atoms with van der Waals surface area (Å²) in [5.41, 5.74) is 0.756. The van der Waals surface area contributed by atoms with Gasteiger partial charge in [0.2, 0.25) is 11.8 Å². The van der Waals surface area contributed by atoms with Crippen LogP contribution >= 0.6 is 0 Å². The lowest BCUT2D eigenvalue weighted by molar-refractivity contribution is -0.126. The van der Waals surface area contributed by atoms with Gasteiger partial charge >= 0.3 is 0 Å². The minimum absolute atomic E-state index is 0.0392. The molecule has 132 valence electrons. The Labute approximate surface area is 146 Å². The van der Waals surface area contributed by atoms with Gasteiger partial charge in [-0.2, -0.15) is 0 Å². The van der Waals surface area contributed by atoms with Gasteiger partial charge in [-0.1, -0.05) is 6.07 Å². The van der Waals surface area contributed by atoms with Crippen LogP contribution in [-0.4, -0.2) is 41.1 Å². The molecule has 1 aliphatic heterocycles. The lowest BCUT2D eigenvalue weighted by Gasteiger charge is -2.19. The summed E-state index contributed by atoms with van der Waals surface area (Å²) in [5, 5.41) is 2.98. The predicted octanol–water partition coefficient (Wildman–Crippen LogP) is 1.45. The Morgan fingerprint density at radius 1 is 1.48 bits per heavy atom. The van der Waals surface area contributed by atoms with Crippen LogP contribution in [0.3, 0.4) is 0 Å². The van der Waals surface area contributed by atoms with Crippen LogP contribution in [0.1, 0.15) is 13.3 Å². The molecule has 0 unspecified atom stereocenters. The molecule has 1 N–H and O–H groups in total. The van der Waals surface area contributed by atoms with Gasteiger partial charge in [-0.25, -0.2) is 4.98 Å². The quantitative estimate of drug-likeness (QED) is 0.862. The molecule has 0 spiro atoms. The highest BCUT2D eigenvalue weighted by atomic mass is 16.5. The first kappa shape index (κ1) is 17.0. The maximum atomic E-state index is 12.5. The molecule has 1 aliphatic rings. The second-order valence-electron chi connectivity index (χ2n) is 6.28. The van der Waals surface area contributed by atoms with Crippen molar-refractivity contribution in [3.63, 3.8) is 0 Å². The van der Waals surface area contributed by atoms with Crippen molar-refractivity contribution in [2.75, 3.05) is 18.6 Å². The van der Waals surface area contributed by atoms with E-state index >= 15 is 0 Å². The van der Waals surface area contributed by atoms with E-state index in [9.17, 15) is 9.59 Å². The molecule has 0 radical (unpaired) electrons. The highest BCUT2D eigenvalue weighted by Crippen LogP contribution is 2.28. The highest BCUT2D eigenvalue weighted by molar-refractivity contribution is 6.00. The largest absolute Gasteiger partial charge is 0.497 e. The summed E-state index contributed by atoms with van der Waals surface area (Å²) in [5.74, 6) is 0.207. The van der Waals surface area contributed by atoms with Crippen molar-refractivity contribution in [3.8, 4) is 5.75 Å². The van der Waals surface area contributed by atoms with Crippen molar-refractivity contribution in [2.45, 2.75) is 25.9 Å². The van der Waals surface area contributed by atoms with E-state index in [-0.39, 0.29) is 30.2 Å². The number of imidazole rings is 1. The van der Waals surface area contributed by atoms with Crippen molar-refractivity contribution in [3.05, 3.63) is 43.0 Å². The van der Waals surface area contributed by atoms with Crippen molar-refractivity contribution in [1.29, 1.82) is 0 Å². The van der Waals surface area contributed by atoms with Crippen LogP contribution in [0.2, 0.25) is 0 Å². The predicted molar refractivity (Wildman–Crippen MR) is 93.3 cm³/mol. The number of methoxy groups -OCH3 is 1. The van der Waals surface area contributed by atoms with Crippen LogP contribution < -0.4 is 15.0 Å². The van der Waals surface area contributed by atoms with Crippen LogP contribution in [0.5, 0.6) is 5.75 Å². The van der Waals surface area contributed by atoms with E-state index in [0.717, 1.165) is 5.69 Å². The van der Waals surface area contributed by atoms with Crippen LogP contribution in [0.4, 0.5) is 5.69 Å². The first-order valence-electron chi connectivity index (χ1n) is 8.27. The van der Waals surface area contributed by atoms with Gasteiger partial charge in [-0.05, 0) is 19.1 Å². The molecule has 7 nitrogen and oxygen atoms in total. The summed E-state index contributed by atoms with van der Waals surface area (Å²) >= 11 is 0. The number of anilines is 1. The monoisotopic (exact) mass is 342 g/mol. The molecule has 7 heteroatoms. The van der Waals surface area contributed by atoms with E-state index in [4.69, 9.17) is 4.74 Å². The lowest BCUT2D eigenvalue weighted by Crippen LogP contribution is -2.40.